The van der Waals surface area contributed by atoms with Crippen molar-refractivity contribution < 1.29 is 23.1 Å². The number of aliphatic hydroxyl groups is 1. The highest BCUT2D eigenvalue weighted by Gasteiger charge is 2.36. The van der Waals surface area contributed by atoms with E-state index in [1.165, 1.54) is 9.80 Å². The number of carbonyl (C=O) groups excluding carboxylic acids is 1. The van der Waals surface area contributed by atoms with Gasteiger partial charge in [0.2, 0.25) is 0 Å². The number of alkyl halides is 3. The van der Waals surface area contributed by atoms with Crippen molar-refractivity contribution in [1.29, 1.82) is 0 Å². The largest absolute Gasteiger partial charge is 0.401 e. The minimum atomic E-state index is -4.25. The van der Waals surface area contributed by atoms with Crippen LogP contribution in [0, 0.1) is 0 Å². The van der Waals surface area contributed by atoms with Crippen molar-refractivity contribution in [3.05, 3.63) is 35.9 Å². The summed E-state index contributed by atoms with van der Waals surface area (Å²) in [5.74, 6) is -0.468. The molecule has 0 bridgehead atoms. The molecular formula is C15H19F3N2O2. The Kier molecular flexibility index (Phi) is 5.08. The van der Waals surface area contributed by atoms with Gasteiger partial charge in [-0.05, 0) is 12.5 Å². The second-order valence-corrected chi connectivity index (χ2v) is 5.53. The van der Waals surface area contributed by atoms with Crippen molar-refractivity contribution in [3.63, 3.8) is 0 Å². The Morgan fingerprint density at radius 2 is 1.95 bits per heavy atom. The Hall–Kier alpha value is -1.60. The molecule has 122 valence electrons. The number of benzene rings is 1. The molecule has 0 radical (unpaired) electrons. The second-order valence-electron chi connectivity index (χ2n) is 5.53. The summed E-state index contributed by atoms with van der Waals surface area (Å²) in [6, 6.07) is 8.10. The molecule has 0 saturated carbocycles. The molecule has 0 spiro atoms. The highest BCUT2D eigenvalue weighted by Crippen LogP contribution is 2.22. The summed E-state index contributed by atoms with van der Waals surface area (Å²) in [4.78, 5) is 15.0. The Morgan fingerprint density at radius 1 is 1.32 bits per heavy atom. The Labute approximate surface area is 127 Å². The van der Waals surface area contributed by atoms with Crippen LogP contribution in [0.4, 0.5) is 13.2 Å². The van der Waals surface area contributed by atoms with Crippen molar-refractivity contribution in [3.8, 4) is 0 Å². The summed E-state index contributed by atoms with van der Waals surface area (Å²) in [5.41, 5.74) is 0.484. The highest BCUT2D eigenvalue weighted by atomic mass is 19.4. The normalized spacial score (nSPS) is 21.7. The zero-order chi connectivity index (χ0) is 16.3. The van der Waals surface area contributed by atoms with E-state index in [1.807, 2.05) is 0 Å². The molecule has 1 heterocycles. The van der Waals surface area contributed by atoms with Crippen molar-refractivity contribution >= 4 is 5.91 Å². The second kappa shape index (κ2) is 6.66. The number of hydrogen-bond donors (Lipinski definition) is 1. The van der Waals surface area contributed by atoms with Gasteiger partial charge in [0.15, 0.2) is 6.10 Å². The number of carbonyl (C=O) groups is 1. The van der Waals surface area contributed by atoms with E-state index in [4.69, 9.17) is 0 Å². The molecule has 0 aliphatic carbocycles. The summed E-state index contributed by atoms with van der Waals surface area (Å²) >= 11 is 0. The summed E-state index contributed by atoms with van der Waals surface area (Å²) in [6.45, 7) is 1.19. The highest BCUT2D eigenvalue weighted by molar-refractivity contribution is 5.82. The Morgan fingerprint density at radius 3 is 2.50 bits per heavy atom. The molecule has 4 nitrogen and oxygen atoms in total. The molecule has 2 atom stereocenters. The number of hydrogen-bond acceptors (Lipinski definition) is 3. The van der Waals surface area contributed by atoms with Crippen LogP contribution in [0.5, 0.6) is 0 Å². The van der Waals surface area contributed by atoms with Crippen LogP contribution >= 0.6 is 0 Å². The minimum Gasteiger partial charge on any atom is -0.378 e. The number of nitrogens with zero attached hydrogens (tertiary/aromatic N) is 2. The van der Waals surface area contributed by atoms with Crippen LogP contribution in [0.15, 0.2) is 30.3 Å². The fourth-order valence-electron chi connectivity index (χ4n) is 2.61. The minimum absolute atomic E-state index is 0.147. The van der Waals surface area contributed by atoms with Gasteiger partial charge in [0, 0.05) is 25.7 Å². The zero-order valence-corrected chi connectivity index (χ0v) is 12.3. The molecule has 1 aliphatic rings. The lowest BCUT2D eigenvalue weighted by Gasteiger charge is -2.40. The van der Waals surface area contributed by atoms with Gasteiger partial charge in [-0.3, -0.25) is 9.69 Å². The van der Waals surface area contributed by atoms with E-state index in [-0.39, 0.29) is 19.6 Å². The molecule has 1 fully saturated rings. The summed E-state index contributed by atoms with van der Waals surface area (Å²) in [6.07, 6.45) is -5.52. The maximum atomic E-state index is 12.5. The van der Waals surface area contributed by atoms with E-state index in [1.54, 1.807) is 37.3 Å². The van der Waals surface area contributed by atoms with E-state index in [2.05, 4.69) is 0 Å². The van der Waals surface area contributed by atoms with Crippen LogP contribution in [0.1, 0.15) is 18.6 Å². The van der Waals surface area contributed by atoms with Crippen molar-refractivity contribution in [2.24, 2.45) is 0 Å². The molecule has 2 rings (SSSR count). The molecule has 22 heavy (non-hydrogen) atoms. The fourth-order valence-corrected chi connectivity index (χ4v) is 2.61. The molecule has 0 unspecified atom stereocenters. The van der Waals surface area contributed by atoms with Gasteiger partial charge < -0.3 is 10.0 Å². The molecular weight excluding hydrogens is 297 g/mol. The number of halogens is 3. The molecule has 1 aliphatic heterocycles. The number of rotatable bonds is 3. The lowest BCUT2D eigenvalue weighted by molar-refractivity contribution is -0.160. The third kappa shape index (κ3) is 4.20. The first kappa shape index (κ1) is 16.8. The SMILES string of the molecule is C[C@H]1CN(C(=O)[C@H](O)c2ccccc2)CCN1CC(F)(F)F. The predicted molar refractivity (Wildman–Crippen MR) is 75.1 cm³/mol. The number of amides is 1. The summed E-state index contributed by atoms with van der Waals surface area (Å²) in [7, 11) is 0. The molecule has 1 saturated heterocycles. The van der Waals surface area contributed by atoms with E-state index in [0.717, 1.165) is 0 Å². The summed E-state index contributed by atoms with van der Waals surface area (Å²) < 4.78 is 37.4. The summed E-state index contributed by atoms with van der Waals surface area (Å²) in [5, 5.41) is 10.1. The van der Waals surface area contributed by atoms with Gasteiger partial charge in [0.1, 0.15) is 0 Å². The van der Waals surface area contributed by atoms with E-state index < -0.39 is 30.8 Å². The lowest BCUT2D eigenvalue weighted by Crippen LogP contribution is -2.56. The van der Waals surface area contributed by atoms with Crippen LogP contribution in [0.3, 0.4) is 0 Å². The standard InChI is InChI=1S/C15H19F3N2O2/c1-11-9-19(7-8-20(11)10-15(16,17)18)14(22)13(21)12-5-3-2-4-6-12/h2-6,11,13,21H,7-10H2,1H3/t11-,13+/m0/s1. The van der Waals surface area contributed by atoms with Gasteiger partial charge in [-0.2, -0.15) is 13.2 Å². The first-order valence-electron chi connectivity index (χ1n) is 7.10. The van der Waals surface area contributed by atoms with Gasteiger partial charge in [0.25, 0.3) is 5.91 Å². The quantitative estimate of drug-likeness (QED) is 0.925. The molecule has 0 aromatic heterocycles. The van der Waals surface area contributed by atoms with Crippen molar-refractivity contribution in [1.82, 2.24) is 9.80 Å². The van der Waals surface area contributed by atoms with Crippen LogP contribution in [-0.4, -0.2) is 59.2 Å². The van der Waals surface area contributed by atoms with Gasteiger partial charge in [0.05, 0.1) is 6.54 Å². The van der Waals surface area contributed by atoms with Gasteiger partial charge in [-0.25, -0.2) is 0 Å². The van der Waals surface area contributed by atoms with Gasteiger partial charge in [-0.1, -0.05) is 30.3 Å². The van der Waals surface area contributed by atoms with Crippen LogP contribution in [-0.2, 0) is 4.79 Å². The van der Waals surface area contributed by atoms with E-state index >= 15 is 0 Å². The topological polar surface area (TPSA) is 43.8 Å². The Bertz CT molecular complexity index is 507. The first-order chi connectivity index (χ1) is 10.3. The van der Waals surface area contributed by atoms with Crippen molar-refractivity contribution in [2.75, 3.05) is 26.2 Å². The molecule has 1 aromatic rings. The number of aliphatic hydroxyl groups excluding tert-OH is 1. The van der Waals surface area contributed by atoms with Gasteiger partial charge >= 0.3 is 6.18 Å². The molecule has 1 amide bonds. The smallest absolute Gasteiger partial charge is 0.378 e. The third-order valence-corrected chi connectivity index (χ3v) is 3.81. The number of piperazine rings is 1. The Balaban J connectivity index is 1.96. The lowest BCUT2D eigenvalue weighted by atomic mass is 10.1. The molecule has 1 N–H and O–H groups in total. The average Bonchev–Trinajstić information content (AvgIpc) is 2.47. The fraction of sp³-hybridized carbons (Fsp3) is 0.533. The first-order valence-corrected chi connectivity index (χ1v) is 7.10. The maximum absolute atomic E-state index is 12.5. The average molecular weight is 316 g/mol. The monoisotopic (exact) mass is 316 g/mol. The van der Waals surface area contributed by atoms with E-state index in [0.29, 0.717) is 5.56 Å². The zero-order valence-electron chi connectivity index (χ0n) is 12.3. The van der Waals surface area contributed by atoms with Crippen molar-refractivity contribution in [2.45, 2.75) is 25.2 Å². The molecule has 7 heteroatoms. The van der Waals surface area contributed by atoms with Gasteiger partial charge in [-0.15, -0.1) is 0 Å². The third-order valence-electron chi connectivity index (χ3n) is 3.81. The van der Waals surface area contributed by atoms with Crippen LogP contribution in [0.2, 0.25) is 0 Å². The maximum Gasteiger partial charge on any atom is 0.401 e. The van der Waals surface area contributed by atoms with Crippen LogP contribution in [0.25, 0.3) is 0 Å². The predicted octanol–water partition coefficient (Wildman–Crippen LogP) is 1.82. The molecule has 1 aromatic carbocycles. The van der Waals surface area contributed by atoms with E-state index in [9.17, 15) is 23.1 Å². The van der Waals surface area contributed by atoms with Crippen LogP contribution < -0.4 is 0 Å².